The fourth-order valence-electron chi connectivity index (χ4n) is 2.92. The van der Waals surface area contributed by atoms with Gasteiger partial charge in [0.15, 0.2) is 5.82 Å². The van der Waals surface area contributed by atoms with Crippen LogP contribution in [-0.4, -0.2) is 34.0 Å². The fourth-order valence-corrected chi connectivity index (χ4v) is 2.92. The van der Waals surface area contributed by atoms with Gasteiger partial charge in [-0.15, -0.1) is 0 Å². The van der Waals surface area contributed by atoms with Crippen LogP contribution in [0.1, 0.15) is 30.1 Å². The highest BCUT2D eigenvalue weighted by atomic mass is 16.5. The average Bonchev–Trinajstić information content (AvgIpc) is 3.09. The summed E-state index contributed by atoms with van der Waals surface area (Å²) in [7, 11) is 0. The molecule has 3 N–H and O–H groups in total. The van der Waals surface area contributed by atoms with Crippen LogP contribution in [0.4, 0.5) is 0 Å². The zero-order valence-corrected chi connectivity index (χ0v) is 13.6. The first-order valence-corrected chi connectivity index (χ1v) is 8.30. The molecule has 7 nitrogen and oxygen atoms in total. The monoisotopic (exact) mass is 329 g/mol. The zero-order chi connectivity index (χ0) is 16.8. The van der Waals surface area contributed by atoms with E-state index >= 15 is 0 Å². The van der Waals surface area contributed by atoms with Crippen molar-refractivity contribution in [1.82, 2.24) is 20.4 Å². The lowest BCUT2D eigenvalue weighted by Gasteiger charge is -2.30. The summed E-state index contributed by atoms with van der Waals surface area (Å²) < 4.78 is 5.01. The average molecular weight is 329 g/mol. The summed E-state index contributed by atoms with van der Waals surface area (Å²) in [6, 6.07) is 9.97. The van der Waals surface area contributed by atoms with Crippen LogP contribution in [0.15, 0.2) is 34.9 Å². The third-order valence-electron chi connectivity index (χ3n) is 4.32. The van der Waals surface area contributed by atoms with Crippen LogP contribution in [0.2, 0.25) is 0 Å². The van der Waals surface area contributed by atoms with Gasteiger partial charge < -0.3 is 15.6 Å². The third kappa shape index (κ3) is 4.39. The summed E-state index contributed by atoms with van der Waals surface area (Å²) in [6.45, 7) is 3.20. The second kappa shape index (κ2) is 8.03. The van der Waals surface area contributed by atoms with Crippen LogP contribution in [0.25, 0.3) is 0 Å². The van der Waals surface area contributed by atoms with Gasteiger partial charge >= 0.3 is 0 Å². The maximum absolute atomic E-state index is 12.3. The smallest absolute Gasteiger partial charge is 0.240 e. The Hall–Kier alpha value is -2.25. The molecule has 0 spiro atoms. The molecule has 1 aromatic heterocycles. The molecule has 0 bridgehead atoms. The summed E-state index contributed by atoms with van der Waals surface area (Å²) in [5, 5.41) is 6.94. The van der Waals surface area contributed by atoms with Crippen molar-refractivity contribution in [3.63, 3.8) is 0 Å². The van der Waals surface area contributed by atoms with Gasteiger partial charge in [0.1, 0.15) is 0 Å². The number of aromatic nitrogens is 2. The van der Waals surface area contributed by atoms with E-state index in [2.05, 4.69) is 20.4 Å². The van der Waals surface area contributed by atoms with Crippen molar-refractivity contribution in [2.45, 2.75) is 32.5 Å². The quantitative estimate of drug-likeness (QED) is 0.822. The molecule has 0 unspecified atom stereocenters. The Balaban J connectivity index is 1.42. The first-order valence-electron chi connectivity index (χ1n) is 8.30. The van der Waals surface area contributed by atoms with E-state index in [1.54, 1.807) is 0 Å². The van der Waals surface area contributed by atoms with Crippen LogP contribution in [0.3, 0.4) is 0 Å². The van der Waals surface area contributed by atoms with E-state index in [9.17, 15) is 4.79 Å². The van der Waals surface area contributed by atoms with Crippen molar-refractivity contribution in [3.8, 4) is 0 Å². The number of amides is 1. The Bertz CT molecular complexity index is 650. The molecule has 0 aliphatic carbocycles. The molecule has 3 rings (SSSR count). The van der Waals surface area contributed by atoms with Gasteiger partial charge in [0, 0.05) is 12.5 Å². The predicted octanol–water partition coefficient (Wildman–Crippen LogP) is 1.06. The summed E-state index contributed by atoms with van der Waals surface area (Å²) in [6.07, 6.45) is 1.70. The number of nitrogens with zero attached hydrogens (tertiary/aromatic N) is 3. The van der Waals surface area contributed by atoms with Crippen molar-refractivity contribution in [2.24, 2.45) is 11.7 Å². The highest BCUT2D eigenvalue weighted by Crippen LogP contribution is 2.19. The maximum atomic E-state index is 12.3. The number of hydrogen-bond acceptors (Lipinski definition) is 6. The topological polar surface area (TPSA) is 97.3 Å². The molecule has 1 fully saturated rings. The Morgan fingerprint density at radius 3 is 2.71 bits per heavy atom. The number of benzene rings is 1. The van der Waals surface area contributed by atoms with Crippen LogP contribution >= 0.6 is 0 Å². The van der Waals surface area contributed by atoms with Crippen molar-refractivity contribution in [2.75, 3.05) is 13.1 Å². The standard InChI is InChI=1S/C17H23N5O2/c18-10-16-20-15(21-24-16)12-22-8-6-14(7-9-22)17(23)19-11-13-4-2-1-3-5-13/h1-5,14H,6-12,18H2,(H,19,23). The van der Waals surface area contributed by atoms with Gasteiger partial charge in [0.2, 0.25) is 11.8 Å². The molecule has 2 heterocycles. The van der Waals surface area contributed by atoms with E-state index in [-0.39, 0.29) is 18.4 Å². The van der Waals surface area contributed by atoms with Gasteiger partial charge in [-0.05, 0) is 31.5 Å². The first kappa shape index (κ1) is 16.6. The Kier molecular flexibility index (Phi) is 5.55. The van der Waals surface area contributed by atoms with Crippen LogP contribution in [0, 0.1) is 5.92 Å². The predicted molar refractivity (Wildman–Crippen MR) is 88.5 cm³/mol. The van der Waals surface area contributed by atoms with Gasteiger partial charge in [0.05, 0.1) is 13.1 Å². The summed E-state index contributed by atoms with van der Waals surface area (Å²) in [5.74, 6) is 1.33. The van der Waals surface area contributed by atoms with Crippen LogP contribution in [-0.2, 0) is 24.4 Å². The van der Waals surface area contributed by atoms with Crippen molar-refractivity contribution < 1.29 is 9.32 Å². The first-order chi connectivity index (χ1) is 11.7. The zero-order valence-electron chi connectivity index (χ0n) is 13.6. The number of carbonyl (C=O) groups is 1. The molecule has 1 amide bonds. The van der Waals surface area contributed by atoms with E-state index in [0.717, 1.165) is 31.5 Å². The van der Waals surface area contributed by atoms with E-state index < -0.39 is 0 Å². The number of rotatable bonds is 6. The molecule has 0 atom stereocenters. The van der Waals surface area contributed by atoms with Gasteiger partial charge in [-0.3, -0.25) is 9.69 Å². The minimum Gasteiger partial charge on any atom is -0.352 e. The second-order valence-corrected chi connectivity index (χ2v) is 6.06. The summed E-state index contributed by atoms with van der Waals surface area (Å²) in [5.41, 5.74) is 6.59. The van der Waals surface area contributed by atoms with E-state index in [1.807, 2.05) is 30.3 Å². The SMILES string of the molecule is NCc1nc(CN2CCC(C(=O)NCc3ccccc3)CC2)no1. The van der Waals surface area contributed by atoms with Crippen molar-refractivity contribution >= 4 is 5.91 Å². The lowest BCUT2D eigenvalue weighted by molar-refractivity contribution is -0.126. The molecule has 2 aromatic rings. The molecule has 0 radical (unpaired) electrons. The number of nitrogens with two attached hydrogens (primary N) is 1. The number of piperidine rings is 1. The molecule has 128 valence electrons. The minimum atomic E-state index is 0.0785. The fraction of sp³-hybridized carbons (Fsp3) is 0.471. The van der Waals surface area contributed by atoms with Crippen LogP contribution in [0.5, 0.6) is 0 Å². The summed E-state index contributed by atoms with van der Waals surface area (Å²) in [4.78, 5) is 18.8. The highest BCUT2D eigenvalue weighted by Gasteiger charge is 2.25. The normalized spacial score (nSPS) is 16.2. The molecule has 1 aliphatic heterocycles. The van der Waals surface area contributed by atoms with Gasteiger partial charge in [-0.25, -0.2) is 0 Å². The lowest BCUT2D eigenvalue weighted by atomic mass is 9.96. The number of nitrogens with one attached hydrogen (secondary N) is 1. The molecule has 0 saturated carbocycles. The highest BCUT2D eigenvalue weighted by molar-refractivity contribution is 5.78. The number of hydrogen-bond donors (Lipinski definition) is 2. The molecule has 1 saturated heterocycles. The third-order valence-corrected chi connectivity index (χ3v) is 4.32. The molecule has 24 heavy (non-hydrogen) atoms. The largest absolute Gasteiger partial charge is 0.352 e. The number of carbonyl (C=O) groups excluding carboxylic acids is 1. The Morgan fingerprint density at radius 2 is 2.04 bits per heavy atom. The molecular formula is C17H23N5O2. The molecule has 1 aromatic carbocycles. The van der Waals surface area contributed by atoms with E-state index in [0.29, 0.717) is 24.8 Å². The van der Waals surface area contributed by atoms with Crippen LogP contribution < -0.4 is 11.1 Å². The lowest BCUT2D eigenvalue weighted by Crippen LogP contribution is -2.40. The molecular weight excluding hydrogens is 306 g/mol. The molecule has 7 heteroatoms. The van der Waals surface area contributed by atoms with Gasteiger partial charge in [-0.1, -0.05) is 35.5 Å². The second-order valence-electron chi connectivity index (χ2n) is 6.06. The van der Waals surface area contributed by atoms with E-state index in [4.69, 9.17) is 10.3 Å². The molecule has 1 aliphatic rings. The Morgan fingerprint density at radius 1 is 1.29 bits per heavy atom. The Labute approximate surface area is 141 Å². The van der Waals surface area contributed by atoms with Gasteiger partial charge in [0.25, 0.3) is 0 Å². The maximum Gasteiger partial charge on any atom is 0.240 e. The minimum absolute atomic E-state index is 0.0785. The van der Waals surface area contributed by atoms with Crippen molar-refractivity contribution in [3.05, 3.63) is 47.6 Å². The number of likely N-dealkylation sites (tertiary alicyclic amines) is 1. The summed E-state index contributed by atoms with van der Waals surface area (Å²) >= 11 is 0. The van der Waals surface area contributed by atoms with Crippen molar-refractivity contribution in [1.29, 1.82) is 0 Å². The van der Waals surface area contributed by atoms with Gasteiger partial charge in [-0.2, -0.15) is 4.98 Å². The van der Waals surface area contributed by atoms with E-state index in [1.165, 1.54) is 0 Å².